The van der Waals surface area contributed by atoms with E-state index in [1.54, 1.807) is 6.07 Å². The number of benzene rings is 2. The van der Waals surface area contributed by atoms with E-state index in [1.807, 2.05) is 4.90 Å². The molecule has 2 aromatic rings. The first-order valence-corrected chi connectivity index (χ1v) is 13.9. The Balaban J connectivity index is 1.42. The van der Waals surface area contributed by atoms with Gasteiger partial charge < -0.3 is 26.0 Å². The summed E-state index contributed by atoms with van der Waals surface area (Å²) in [6.45, 7) is 1.74. The molecule has 4 rings (SSSR count). The number of hydrogen-bond donors (Lipinski definition) is 5. The fraction of sp³-hybridized carbons (Fsp3) is 0.400. The van der Waals surface area contributed by atoms with Crippen LogP contribution in [-0.4, -0.2) is 69.7 Å². The third kappa shape index (κ3) is 6.78. The zero-order valence-electron chi connectivity index (χ0n) is 20.7. The van der Waals surface area contributed by atoms with Crippen LogP contribution in [-0.2, 0) is 14.8 Å². The standard InChI is InChI=1S/C25H31FN6O5S/c26-19-15-17(10-11-21(19)32-14-5-4-9-22(32)30-25-27-12-6-13-28-25)23(33)29-16-20(24(34)35)31-38(36,37)18-7-2-1-3-8-18/h1-3,7-8,10-11,15,20,22,31H,4-6,9,12-14,16H2,(H,29,33)(H,34,35)(H2,27,28,30)/t20-,22+/m0/s1. The van der Waals surface area contributed by atoms with Crippen molar-refractivity contribution < 1.29 is 27.5 Å². The van der Waals surface area contributed by atoms with Gasteiger partial charge in [0.15, 0.2) is 5.96 Å². The lowest BCUT2D eigenvalue weighted by atomic mass is 10.1. The predicted molar refractivity (Wildman–Crippen MR) is 140 cm³/mol. The predicted octanol–water partition coefficient (Wildman–Crippen LogP) is 1.24. The van der Waals surface area contributed by atoms with Crippen LogP contribution in [0.1, 0.15) is 36.0 Å². The van der Waals surface area contributed by atoms with Crippen molar-refractivity contribution in [1.29, 1.82) is 0 Å². The molecular formula is C25H31FN6O5S. The van der Waals surface area contributed by atoms with Gasteiger partial charge in [-0.1, -0.05) is 18.2 Å². The smallest absolute Gasteiger partial charge is 0.323 e. The topological polar surface area (TPSA) is 152 Å². The molecule has 2 aromatic carbocycles. The zero-order valence-corrected chi connectivity index (χ0v) is 21.5. The fourth-order valence-corrected chi connectivity index (χ4v) is 5.56. The van der Waals surface area contributed by atoms with Crippen LogP contribution in [0, 0.1) is 5.82 Å². The molecule has 1 amide bonds. The van der Waals surface area contributed by atoms with Crippen molar-refractivity contribution >= 4 is 33.5 Å². The highest BCUT2D eigenvalue weighted by molar-refractivity contribution is 7.89. The summed E-state index contributed by atoms with van der Waals surface area (Å²) < 4.78 is 42.2. The van der Waals surface area contributed by atoms with Gasteiger partial charge in [-0.3, -0.25) is 9.59 Å². The van der Waals surface area contributed by atoms with Crippen molar-refractivity contribution in [1.82, 2.24) is 20.7 Å². The van der Waals surface area contributed by atoms with E-state index in [9.17, 15) is 23.1 Å². The Morgan fingerprint density at radius 3 is 2.53 bits per heavy atom. The van der Waals surface area contributed by atoms with Crippen LogP contribution in [0.15, 0.2) is 58.4 Å². The van der Waals surface area contributed by atoms with E-state index in [1.165, 1.54) is 36.4 Å². The Bertz CT molecular complexity index is 1280. The number of carboxylic acid groups (broad SMARTS) is 1. The van der Waals surface area contributed by atoms with Gasteiger partial charge in [-0.2, -0.15) is 4.72 Å². The SMILES string of the molecule is O=C(NC[C@H](NS(=O)(=O)c1ccccc1)C(=O)O)c1ccc(N2CCCC[C@@H]2N=C2NCCCN2)c(F)c1. The molecule has 0 spiro atoms. The first-order valence-electron chi connectivity index (χ1n) is 12.4. The molecule has 2 aliphatic rings. The molecule has 2 saturated heterocycles. The number of aliphatic carboxylic acids is 1. The molecule has 0 unspecified atom stereocenters. The minimum atomic E-state index is -4.13. The summed E-state index contributed by atoms with van der Waals surface area (Å²) in [6.07, 6.45) is 3.37. The molecule has 2 atom stereocenters. The minimum absolute atomic E-state index is 0.0169. The molecule has 0 saturated carbocycles. The van der Waals surface area contributed by atoms with Gasteiger partial charge >= 0.3 is 5.97 Å². The van der Waals surface area contributed by atoms with E-state index in [2.05, 4.69) is 20.7 Å². The van der Waals surface area contributed by atoms with Gasteiger partial charge in [0, 0.05) is 31.7 Å². The van der Waals surface area contributed by atoms with Crippen LogP contribution in [0.5, 0.6) is 0 Å². The number of carbonyl (C=O) groups excluding carboxylic acids is 1. The lowest BCUT2D eigenvalue weighted by molar-refractivity contribution is -0.138. The van der Waals surface area contributed by atoms with E-state index in [0.29, 0.717) is 18.2 Å². The van der Waals surface area contributed by atoms with Crippen molar-refractivity contribution in [2.75, 3.05) is 31.1 Å². The molecule has 5 N–H and O–H groups in total. The van der Waals surface area contributed by atoms with E-state index in [0.717, 1.165) is 44.8 Å². The Morgan fingerprint density at radius 1 is 1.11 bits per heavy atom. The van der Waals surface area contributed by atoms with Crippen LogP contribution >= 0.6 is 0 Å². The second-order valence-corrected chi connectivity index (χ2v) is 10.8. The van der Waals surface area contributed by atoms with Crippen molar-refractivity contribution in [2.24, 2.45) is 4.99 Å². The lowest BCUT2D eigenvalue weighted by Gasteiger charge is -2.36. The zero-order chi connectivity index (χ0) is 27.1. The number of piperidine rings is 1. The number of rotatable bonds is 9. The number of nitrogens with one attached hydrogen (secondary N) is 4. The Morgan fingerprint density at radius 2 is 1.84 bits per heavy atom. The second kappa shape index (κ2) is 12.2. The molecule has 0 aliphatic carbocycles. The van der Waals surface area contributed by atoms with Gasteiger partial charge in [-0.15, -0.1) is 0 Å². The van der Waals surface area contributed by atoms with Crippen LogP contribution in [0.3, 0.4) is 0 Å². The first kappa shape index (κ1) is 27.3. The summed E-state index contributed by atoms with van der Waals surface area (Å²) in [5, 5.41) is 18.3. The molecule has 0 bridgehead atoms. The molecule has 2 fully saturated rings. The summed E-state index contributed by atoms with van der Waals surface area (Å²) in [5.74, 6) is -2.10. The van der Waals surface area contributed by atoms with Gasteiger partial charge in [0.2, 0.25) is 10.0 Å². The molecule has 11 nitrogen and oxygen atoms in total. The number of sulfonamides is 1. The van der Waals surface area contributed by atoms with Gasteiger partial charge in [0.1, 0.15) is 18.0 Å². The van der Waals surface area contributed by atoms with Crippen molar-refractivity contribution in [2.45, 2.75) is 42.8 Å². The highest BCUT2D eigenvalue weighted by Gasteiger charge is 2.28. The maximum Gasteiger partial charge on any atom is 0.323 e. The Hall–Kier alpha value is -3.71. The van der Waals surface area contributed by atoms with Gasteiger partial charge in [-0.25, -0.2) is 17.8 Å². The van der Waals surface area contributed by atoms with Crippen LogP contribution in [0.25, 0.3) is 0 Å². The molecule has 38 heavy (non-hydrogen) atoms. The second-order valence-electron chi connectivity index (χ2n) is 9.06. The number of aliphatic imine (C=N–C) groups is 1. The van der Waals surface area contributed by atoms with Crippen molar-refractivity contribution in [3.63, 3.8) is 0 Å². The number of guanidine groups is 1. The van der Waals surface area contributed by atoms with E-state index < -0.39 is 40.3 Å². The third-order valence-electron chi connectivity index (χ3n) is 6.32. The number of nitrogens with zero attached hydrogens (tertiary/aromatic N) is 2. The van der Waals surface area contributed by atoms with E-state index in [4.69, 9.17) is 4.99 Å². The number of carbonyl (C=O) groups is 2. The monoisotopic (exact) mass is 546 g/mol. The third-order valence-corrected chi connectivity index (χ3v) is 7.81. The molecule has 2 heterocycles. The summed E-state index contributed by atoms with van der Waals surface area (Å²) in [7, 11) is -4.13. The average molecular weight is 547 g/mol. The molecule has 0 aromatic heterocycles. The van der Waals surface area contributed by atoms with Gasteiger partial charge in [-0.05, 0) is 56.0 Å². The van der Waals surface area contributed by atoms with Gasteiger partial charge in [0.25, 0.3) is 5.91 Å². The van der Waals surface area contributed by atoms with Crippen LogP contribution < -0.4 is 25.6 Å². The highest BCUT2D eigenvalue weighted by atomic mass is 32.2. The fourth-order valence-electron chi connectivity index (χ4n) is 4.35. The van der Waals surface area contributed by atoms with E-state index in [-0.39, 0.29) is 16.6 Å². The molecular weight excluding hydrogens is 515 g/mol. The number of anilines is 1. The Labute approximate surface area is 220 Å². The largest absolute Gasteiger partial charge is 0.480 e. The average Bonchev–Trinajstić information content (AvgIpc) is 2.92. The number of hydrogen-bond acceptors (Lipinski definition) is 6. The van der Waals surface area contributed by atoms with Crippen LogP contribution in [0.4, 0.5) is 10.1 Å². The molecule has 0 radical (unpaired) electrons. The Kier molecular flexibility index (Phi) is 8.79. The van der Waals surface area contributed by atoms with Gasteiger partial charge in [0.05, 0.1) is 10.6 Å². The van der Waals surface area contributed by atoms with E-state index >= 15 is 4.39 Å². The first-order chi connectivity index (χ1) is 18.2. The normalized spacial score (nSPS) is 18.6. The quantitative estimate of drug-likeness (QED) is 0.315. The number of amides is 1. The van der Waals surface area contributed by atoms with Crippen molar-refractivity contribution in [3.8, 4) is 0 Å². The number of halogens is 1. The maximum atomic E-state index is 15.2. The van der Waals surface area contributed by atoms with Crippen molar-refractivity contribution in [3.05, 3.63) is 59.9 Å². The van der Waals surface area contributed by atoms with Crippen LogP contribution in [0.2, 0.25) is 0 Å². The summed E-state index contributed by atoms with van der Waals surface area (Å²) in [5.41, 5.74) is 0.308. The minimum Gasteiger partial charge on any atom is -0.480 e. The number of carboxylic acids is 1. The summed E-state index contributed by atoms with van der Waals surface area (Å²) in [6, 6.07) is 9.72. The maximum absolute atomic E-state index is 15.2. The molecule has 204 valence electrons. The summed E-state index contributed by atoms with van der Waals surface area (Å²) in [4.78, 5) is 30.8. The summed E-state index contributed by atoms with van der Waals surface area (Å²) >= 11 is 0. The lowest BCUT2D eigenvalue weighted by Crippen LogP contribution is -2.48. The molecule has 13 heteroatoms. The highest BCUT2D eigenvalue weighted by Crippen LogP contribution is 2.28. The molecule has 2 aliphatic heterocycles.